The van der Waals surface area contributed by atoms with E-state index in [-0.39, 0.29) is 24.8 Å². The number of aromatic nitrogens is 4. The Balaban J connectivity index is 0.000000429. The van der Waals surface area contributed by atoms with Crippen molar-refractivity contribution in [2.45, 2.75) is 19.3 Å². The number of halogens is 4. The molecule has 1 aromatic carbocycles. The summed E-state index contributed by atoms with van der Waals surface area (Å²) in [5, 5.41) is 20.9. The van der Waals surface area contributed by atoms with E-state index in [1.807, 2.05) is 4.90 Å². The highest BCUT2D eigenvalue weighted by Gasteiger charge is 2.38. The second kappa shape index (κ2) is 10.9. The van der Waals surface area contributed by atoms with Gasteiger partial charge in [0.1, 0.15) is 24.2 Å². The molecular weight excluding hydrogens is 478 g/mol. The highest BCUT2D eigenvalue weighted by Crippen LogP contribution is 2.21. The molecule has 3 heterocycles. The van der Waals surface area contributed by atoms with Crippen LogP contribution in [-0.4, -0.2) is 68.7 Å². The lowest BCUT2D eigenvalue weighted by atomic mass is 10.1. The maximum atomic E-state index is 14.4. The highest BCUT2D eigenvalue weighted by molar-refractivity contribution is 5.75. The molecule has 0 spiro atoms. The number of hydrogen-bond acceptors (Lipinski definition) is 7. The smallest absolute Gasteiger partial charge is 0.475 e. The third-order valence-corrected chi connectivity index (χ3v) is 4.92. The van der Waals surface area contributed by atoms with Gasteiger partial charge in [-0.05, 0) is 23.8 Å². The highest BCUT2D eigenvalue weighted by atomic mass is 19.4. The molecule has 1 aliphatic rings. The fourth-order valence-corrected chi connectivity index (χ4v) is 3.20. The number of fused-ring (bicyclic) bond motifs is 1. The molecule has 1 aliphatic heterocycles. The van der Waals surface area contributed by atoms with Gasteiger partial charge < -0.3 is 20.6 Å². The molecule has 1 amide bonds. The number of carbonyl (C=O) groups is 2. The van der Waals surface area contributed by atoms with Crippen LogP contribution in [0.4, 0.5) is 23.2 Å². The zero-order chi connectivity index (χ0) is 25.6. The second-order valence-corrected chi connectivity index (χ2v) is 7.36. The molecule has 0 atom stereocenters. The molecule has 2 aromatic heterocycles. The van der Waals surface area contributed by atoms with E-state index >= 15 is 0 Å². The van der Waals surface area contributed by atoms with Crippen LogP contribution in [0, 0.1) is 5.82 Å². The summed E-state index contributed by atoms with van der Waals surface area (Å²) in [6, 6.07) is 6.52. The van der Waals surface area contributed by atoms with Gasteiger partial charge in [0.05, 0.1) is 11.9 Å². The van der Waals surface area contributed by atoms with Crippen molar-refractivity contribution in [2.24, 2.45) is 0 Å². The lowest BCUT2D eigenvalue weighted by Crippen LogP contribution is -2.43. The van der Waals surface area contributed by atoms with Gasteiger partial charge in [-0.15, -0.1) is 0 Å². The minimum Gasteiger partial charge on any atom is -0.475 e. The van der Waals surface area contributed by atoms with Crippen LogP contribution in [0.2, 0.25) is 0 Å². The van der Waals surface area contributed by atoms with Crippen LogP contribution in [0.1, 0.15) is 5.56 Å². The van der Waals surface area contributed by atoms with Crippen molar-refractivity contribution in [3.63, 3.8) is 0 Å². The quantitative estimate of drug-likeness (QED) is 0.430. The normalized spacial score (nSPS) is 13.8. The number of alkyl halides is 3. The molecule has 0 radical (unpaired) electrons. The van der Waals surface area contributed by atoms with Gasteiger partial charge in [0, 0.05) is 32.7 Å². The minimum atomic E-state index is -5.08. The lowest BCUT2D eigenvalue weighted by Gasteiger charge is -2.29. The Kier molecular flexibility index (Phi) is 8.01. The van der Waals surface area contributed by atoms with Gasteiger partial charge in [-0.3, -0.25) is 9.59 Å². The Morgan fingerprint density at radius 2 is 1.83 bits per heavy atom. The fourth-order valence-electron chi connectivity index (χ4n) is 3.20. The van der Waals surface area contributed by atoms with Crippen molar-refractivity contribution in [2.75, 3.05) is 31.1 Å². The number of aliphatic carboxylic acids is 1. The topological polar surface area (TPSA) is 134 Å². The predicted octanol–water partition coefficient (Wildman–Crippen LogP) is 0.389. The average Bonchev–Trinajstić information content (AvgIpc) is 3.30. The van der Waals surface area contributed by atoms with Crippen molar-refractivity contribution in [1.82, 2.24) is 30.0 Å². The maximum absolute atomic E-state index is 14.4. The van der Waals surface area contributed by atoms with Crippen molar-refractivity contribution in [3.8, 4) is 0 Å². The monoisotopic (exact) mass is 499 g/mol. The van der Waals surface area contributed by atoms with E-state index in [0.717, 1.165) is 30.9 Å². The van der Waals surface area contributed by atoms with E-state index in [9.17, 15) is 27.2 Å². The van der Waals surface area contributed by atoms with E-state index in [1.165, 1.54) is 23.1 Å². The van der Waals surface area contributed by atoms with E-state index < -0.39 is 17.7 Å². The second-order valence-electron chi connectivity index (χ2n) is 7.36. The van der Waals surface area contributed by atoms with E-state index in [1.54, 1.807) is 18.2 Å². The Hall–Kier alpha value is -4.01. The molecular formula is C20H21F4N7O4. The number of carboxylic acids is 1. The van der Waals surface area contributed by atoms with E-state index in [0.29, 0.717) is 16.8 Å². The van der Waals surface area contributed by atoms with Crippen LogP contribution in [0.3, 0.4) is 0 Å². The van der Waals surface area contributed by atoms with E-state index in [2.05, 4.69) is 20.8 Å². The summed E-state index contributed by atoms with van der Waals surface area (Å²) in [6.07, 6.45) is -2.23. The first-order valence-corrected chi connectivity index (χ1v) is 10.3. The number of hydrogen-bond donors (Lipinski definition) is 3. The lowest BCUT2D eigenvalue weighted by molar-refractivity contribution is -0.192. The molecule has 0 saturated carbocycles. The Bertz CT molecular complexity index is 1250. The number of nitrogens with one attached hydrogen (secondary N) is 2. The van der Waals surface area contributed by atoms with Gasteiger partial charge in [0.15, 0.2) is 0 Å². The molecule has 4 rings (SSSR count). The molecule has 11 nitrogen and oxygen atoms in total. The third kappa shape index (κ3) is 6.75. The van der Waals surface area contributed by atoms with Crippen molar-refractivity contribution >= 4 is 23.1 Å². The molecule has 3 N–H and O–H groups in total. The number of rotatable bonds is 5. The van der Waals surface area contributed by atoms with Crippen molar-refractivity contribution in [3.05, 3.63) is 58.5 Å². The first-order valence-electron chi connectivity index (χ1n) is 10.3. The number of anilines is 1. The maximum Gasteiger partial charge on any atom is 0.490 e. The Morgan fingerprint density at radius 3 is 2.46 bits per heavy atom. The van der Waals surface area contributed by atoms with Crippen LogP contribution in [0.15, 0.2) is 41.6 Å². The number of piperazine rings is 1. The largest absolute Gasteiger partial charge is 0.490 e. The molecule has 35 heavy (non-hydrogen) atoms. The van der Waals surface area contributed by atoms with Gasteiger partial charge in [-0.25, -0.2) is 18.4 Å². The zero-order valence-electron chi connectivity index (χ0n) is 18.1. The third-order valence-electron chi connectivity index (χ3n) is 4.92. The molecule has 1 fully saturated rings. The summed E-state index contributed by atoms with van der Waals surface area (Å²) in [5.74, 6) is -3.45. The summed E-state index contributed by atoms with van der Waals surface area (Å²) >= 11 is 0. The summed E-state index contributed by atoms with van der Waals surface area (Å²) in [6.45, 7) is 3.13. The summed E-state index contributed by atoms with van der Waals surface area (Å²) in [4.78, 5) is 35.3. The minimum absolute atomic E-state index is 0.168. The number of benzene rings is 1. The average molecular weight is 499 g/mol. The van der Waals surface area contributed by atoms with Gasteiger partial charge in [0.25, 0.3) is 5.56 Å². The summed E-state index contributed by atoms with van der Waals surface area (Å²) in [5.41, 5.74) is 1.16. The number of carbonyl (C=O) groups excluding carboxylic acids is 1. The van der Waals surface area contributed by atoms with Crippen molar-refractivity contribution < 1.29 is 32.3 Å². The van der Waals surface area contributed by atoms with Crippen LogP contribution in [-0.2, 0) is 22.7 Å². The molecule has 188 valence electrons. The van der Waals surface area contributed by atoms with Gasteiger partial charge in [0.2, 0.25) is 5.91 Å². The van der Waals surface area contributed by atoms with Crippen LogP contribution < -0.4 is 21.1 Å². The molecule has 0 bridgehead atoms. The molecule has 0 aliphatic carbocycles. The van der Waals surface area contributed by atoms with Crippen LogP contribution >= 0.6 is 0 Å². The van der Waals surface area contributed by atoms with Gasteiger partial charge in [-0.1, -0.05) is 6.07 Å². The Morgan fingerprint density at radius 1 is 1.14 bits per heavy atom. The molecule has 0 unspecified atom stereocenters. The number of nitrogens with zero attached hydrogens (tertiary/aromatic N) is 5. The zero-order valence-corrected chi connectivity index (χ0v) is 18.1. The Labute approximate surface area is 194 Å². The first kappa shape index (κ1) is 25.6. The standard InChI is InChI=1S/C18H20FN7O2.C2HF3O2/c19-14-9-13(1-2-15(14)24-7-5-20-6-8-24)10-21-17(27)11-25-18(28)16-3-4-22-26(16)12-23-25;3-2(4,5)1(6)7/h1-4,9,12,20H,5-8,10-11H2,(H,21,27);(H,6,7). The summed E-state index contributed by atoms with van der Waals surface area (Å²) in [7, 11) is 0. The first-order chi connectivity index (χ1) is 16.6. The van der Waals surface area contributed by atoms with Crippen LogP contribution in [0.5, 0.6) is 0 Å². The van der Waals surface area contributed by atoms with Crippen molar-refractivity contribution in [1.29, 1.82) is 0 Å². The summed E-state index contributed by atoms with van der Waals surface area (Å²) < 4.78 is 48.6. The molecule has 3 aromatic rings. The molecule has 1 saturated heterocycles. The van der Waals surface area contributed by atoms with Crippen LogP contribution in [0.25, 0.3) is 5.52 Å². The predicted molar refractivity (Wildman–Crippen MR) is 114 cm³/mol. The van der Waals surface area contributed by atoms with Gasteiger partial charge >= 0.3 is 12.1 Å². The fraction of sp³-hybridized carbons (Fsp3) is 0.350. The van der Waals surface area contributed by atoms with E-state index in [4.69, 9.17) is 9.90 Å². The number of carboxylic acid groups (broad SMARTS) is 1. The molecule has 15 heteroatoms. The van der Waals surface area contributed by atoms with Gasteiger partial charge in [-0.2, -0.15) is 23.4 Å². The number of amides is 1. The SMILES string of the molecule is O=C(Cn1ncn2nccc2c1=O)NCc1ccc(N2CCNCC2)c(F)c1.O=C(O)C(F)(F)F.